The number of nitrogens with zero attached hydrogens (tertiary/aromatic N) is 2. The lowest BCUT2D eigenvalue weighted by Gasteiger charge is -2.33. The van der Waals surface area contributed by atoms with Gasteiger partial charge in [0.15, 0.2) is 6.04 Å². The number of aromatic nitrogens is 1. The van der Waals surface area contributed by atoms with Gasteiger partial charge in [-0.2, -0.15) is 24.9 Å². The van der Waals surface area contributed by atoms with E-state index in [1.165, 1.54) is 30.4 Å². The maximum Gasteiger partial charge on any atom is 0.414 e. The molecular weight excluding hydrogens is 423 g/mol. The molecule has 1 aliphatic heterocycles. The number of rotatable bonds is 5. The first-order chi connectivity index (χ1) is 14.8. The van der Waals surface area contributed by atoms with E-state index in [1.807, 2.05) is 12.1 Å². The smallest absolute Gasteiger partial charge is 0.380 e. The molecule has 2 heterocycles. The molecule has 4 nitrogen and oxygen atoms in total. The summed E-state index contributed by atoms with van der Waals surface area (Å²) in [7, 11) is 1.24. The Bertz CT molecular complexity index is 888. The van der Waals surface area contributed by atoms with Crippen molar-refractivity contribution < 1.29 is 18.0 Å². The summed E-state index contributed by atoms with van der Waals surface area (Å²) in [5, 5.41) is 3.37. The molecule has 0 saturated carbocycles. The zero-order valence-corrected chi connectivity index (χ0v) is 18.2. The van der Waals surface area contributed by atoms with E-state index in [-0.39, 0.29) is 17.7 Å². The number of hydrogen-bond acceptors (Lipinski definition) is 4. The molecule has 1 fully saturated rings. The van der Waals surface area contributed by atoms with Crippen molar-refractivity contribution in [2.45, 2.75) is 43.9 Å². The standard InChI is InChI=1S/C23H26F3N3OS/c1-29(22(30)15-8-10-31-11-9-15)21(23(24,25)26)20-7-6-18(14-27-20)28-19-12-16-4-2-3-5-17(16)13-19/h2-7,14-15,19,21,28H,8-13H2,1H3. The van der Waals surface area contributed by atoms with Crippen LogP contribution in [0.2, 0.25) is 0 Å². The molecule has 1 atom stereocenters. The summed E-state index contributed by atoms with van der Waals surface area (Å²) in [5.41, 5.74) is 3.11. The van der Waals surface area contributed by atoms with E-state index in [2.05, 4.69) is 22.4 Å². The second-order valence-corrected chi connectivity index (χ2v) is 9.49. The number of nitrogens with one attached hydrogen (secondary N) is 1. The summed E-state index contributed by atoms with van der Waals surface area (Å²) in [6.07, 6.45) is -0.160. The van der Waals surface area contributed by atoms with Gasteiger partial charge >= 0.3 is 6.18 Å². The highest BCUT2D eigenvalue weighted by atomic mass is 32.2. The first kappa shape index (κ1) is 22.0. The molecule has 1 unspecified atom stereocenters. The number of benzene rings is 1. The molecule has 1 aliphatic carbocycles. The van der Waals surface area contributed by atoms with Gasteiger partial charge in [-0.1, -0.05) is 24.3 Å². The van der Waals surface area contributed by atoms with Crippen LogP contribution >= 0.6 is 11.8 Å². The number of pyridine rings is 1. The summed E-state index contributed by atoms with van der Waals surface area (Å²) >= 11 is 1.74. The van der Waals surface area contributed by atoms with E-state index < -0.39 is 18.1 Å². The lowest BCUT2D eigenvalue weighted by Crippen LogP contribution is -2.43. The van der Waals surface area contributed by atoms with E-state index >= 15 is 0 Å². The number of amides is 1. The van der Waals surface area contributed by atoms with Crippen LogP contribution in [0.5, 0.6) is 0 Å². The van der Waals surface area contributed by atoms with E-state index in [9.17, 15) is 18.0 Å². The van der Waals surface area contributed by atoms with Crippen LogP contribution in [0.1, 0.15) is 35.7 Å². The average Bonchev–Trinajstić information content (AvgIpc) is 3.16. The Morgan fingerprint density at radius 3 is 2.32 bits per heavy atom. The van der Waals surface area contributed by atoms with Gasteiger partial charge in [-0.25, -0.2) is 0 Å². The Labute approximate surface area is 184 Å². The van der Waals surface area contributed by atoms with Crippen molar-refractivity contribution >= 4 is 23.4 Å². The maximum absolute atomic E-state index is 13.9. The second kappa shape index (κ2) is 9.10. The number of anilines is 1. The molecule has 2 aliphatic rings. The highest BCUT2D eigenvalue weighted by Crippen LogP contribution is 2.38. The normalized spacial score (nSPS) is 18.5. The average molecular weight is 450 g/mol. The Kier molecular flexibility index (Phi) is 6.46. The summed E-state index contributed by atoms with van der Waals surface area (Å²) < 4.78 is 41.7. The minimum absolute atomic E-state index is 0.159. The molecule has 1 N–H and O–H groups in total. The Hall–Kier alpha value is -2.22. The van der Waals surface area contributed by atoms with Crippen LogP contribution in [0.15, 0.2) is 42.6 Å². The Balaban J connectivity index is 1.46. The molecule has 4 rings (SSSR count). The number of thioether (sulfide) groups is 1. The minimum Gasteiger partial charge on any atom is -0.380 e. The maximum atomic E-state index is 13.9. The molecule has 8 heteroatoms. The zero-order chi connectivity index (χ0) is 22.0. The van der Waals surface area contributed by atoms with Crippen LogP contribution in [0.25, 0.3) is 0 Å². The van der Waals surface area contributed by atoms with Gasteiger partial charge in [0, 0.05) is 19.0 Å². The lowest BCUT2D eigenvalue weighted by molar-refractivity contribution is -0.191. The fourth-order valence-electron chi connectivity index (χ4n) is 4.49. The van der Waals surface area contributed by atoms with Crippen molar-refractivity contribution in [2.24, 2.45) is 5.92 Å². The highest BCUT2D eigenvalue weighted by Gasteiger charge is 2.47. The van der Waals surface area contributed by atoms with Crippen molar-refractivity contribution in [3.05, 3.63) is 59.4 Å². The number of fused-ring (bicyclic) bond motifs is 1. The number of halogens is 3. The van der Waals surface area contributed by atoms with Crippen molar-refractivity contribution in [2.75, 3.05) is 23.9 Å². The monoisotopic (exact) mass is 449 g/mol. The number of carbonyl (C=O) groups excluding carboxylic acids is 1. The molecule has 1 saturated heterocycles. The summed E-state index contributed by atoms with van der Waals surface area (Å²) in [4.78, 5) is 17.7. The predicted octanol–water partition coefficient (Wildman–Crippen LogP) is 4.87. The quantitative estimate of drug-likeness (QED) is 0.708. The van der Waals surface area contributed by atoms with Gasteiger partial charge in [0.05, 0.1) is 17.6 Å². The largest absolute Gasteiger partial charge is 0.414 e. The summed E-state index contributed by atoms with van der Waals surface area (Å²) in [5.74, 6) is 0.825. The third-order valence-corrected chi connectivity index (χ3v) is 7.15. The molecule has 0 spiro atoms. The van der Waals surface area contributed by atoms with Crippen LogP contribution < -0.4 is 5.32 Å². The summed E-state index contributed by atoms with van der Waals surface area (Å²) in [6.45, 7) is 0. The van der Waals surface area contributed by atoms with E-state index in [0.717, 1.165) is 29.2 Å². The predicted molar refractivity (Wildman–Crippen MR) is 117 cm³/mol. The van der Waals surface area contributed by atoms with Crippen molar-refractivity contribution in [1.29, 1.82) is 0 Å². The van der Waals surface area contributed by atoms with Crippen molar-refractivity contribution in [3.63, 3.8) is 0 Å². The van der Waals surface area contributed by atoms with Gasteiger partial charge in [0.2, 0.25) is 5.91 Å². The second-order valence-electron chi connectivity index (χ2n) is 8.27. The molecule has 2 aromatic rings. The first-order valence-corrected chi connectivity index (χ1v) is 11.7. The third kappa shape index (κ3) is 5.00. The summed E-state index contributed by atoms with van der Waals surface area (Å²) in [6, 6.07) is 9.38. The Morgan fingerprint density at radius 1 is 1.13 bits per heavy atom. The van der Waals surface area contributed by atoms with E-state index in [4.69, 9.17) is 0 Å². The topological polar surface area (TPSA) is 45.2 Å². The van der Waals surface area contributed by atoms with Crippen molar-refractivity contribution in [3.8, 4) is 0 Å². The van der Waals surface area contributed by atoms with Gasteiger partial charge in [-0.15, -0.1) is 0 Å². The minimum atomic E-state index is -4.59. The molecule has 0 radical (unpaired) electrons. The van der Waals surface area contributed by atoms with Gasteiger partial charge in [0.1, 0.15) is 0 Å². The van der Waals surface area contributed by atoms with Gasteiger partial charge in [0.25, 0.3) is 0 Å². The van der Waals surface area contributed by atoms with Gasteiger partial charge < -0.3 is 10.2 Å². The van der Waals surface area contributed by atoms with Crippen LogP contribution in [-0.4, -0.2) is 46.6 Å². The molecule has 1 amide bonds. The van der Waals surface area contributed by atoms with Crippen LogP contribution in [-0.2, 0) is 17.6 Å². The third-order valence-electron chi connectivity index (χ3n) is 6.10. The van der Waals surface area contributed by atoms with Crippen LogP contribution in [0.4, 0.5) is 18.9 Å². The van der Waals surface area contributed by atoms with Crippen LogP contribution in [0, 0.1) is 5.92 Å². The van der Waals surface area contributed by atoms with E-state index in [1.54, 1.807) is 17.8 Å². The first-order valence-electron chi connectivity index (χ1n) is 10.5. The Morgan fingerprint density at radius 2 is 1.77 bits per heavy atom. The van der Waals surface area contributed by atoms with Crippen molar-refractivity contribution in [1.82, 2.24) is 9.88 Å². The van der Waals surface area contributed by atoms with Gasteiger partial charge in [-0.05, 0) is 60.4 Å². The SMILES string of the molecule is CN(C(=O)C1CCSCC1)C(c1ccc(NC2Cc3ccccc3C2)cn1)C(F)(F)F. The van der Waals surface area contributed by atoms with E-state index in [0.29, 0.717) is 18.5 Å². The molecule has 31 heavy (non-hydrogen) atoms. The number of alkyl halides is 3. The number of hydrogen-bond donors (Lipinski definition) is 1. The highest BCUT2D eigenvalue weighted by molar-refractivity contribution is 7.99. The molecule has 1 aromatic carbocycles. The number of carbonyl (C=O) groups is 1. The molecular formula is C23H26F3N3OS. The van der Waals surface area contributed by atoms with Gasteiger partial charge in [-0.3, -0.25) is 9.78 Å². The molecule has 166 valence electrons. The fourth-order valence-corrected chi connectivity index (χ4v) is 5.60. The molecule has 0 bridgehead atoms. The fraction of sp³-hybridized carbons (Fsp3) is 0.478. The zero-order valence-electron chi connectivity index (χ0n) is 17.4. The molecule has 1 aromatic heterocycles. The lowest BCUT2D eigenvalue weighted by atomic mass is 9.99. The van der Waals surface area contributed by atoms with Crippen LogP contribution in [0.3, 0.4) is 0 Å².